The van der Waals surface area contributed by atoms with Crippen LogP contribution in [0.2, 0.25) is 0 Å². The van der Waals surface area contributed by atoms with Gasteiger partial charge in [0.1, 0.15) is 6.04 Å². The van der Waals surface area contributed by atoms with Crippen molar-refractivity contribution in [2.75, 3.05) is 18.8 Å². The third-order valence-electron chi connectivity index (χ3n) is 3.45. The number of nitrogens with zero attached hydrogens (tertiary/aromatic N) is 2. The van der Waals surface area contributed by atoms with Gasteiger partial charge in [-0.1, -0.05) is 12.2 Å². The molecular formula is C12H15N5O2. The molecule has 7 nitrogen and oxygen atoms in total. The minimum Gasteiger partial charge on any atom is -0.369 e. The van der Waals surface area contributed by atoms with E-state index in [9.17, 15) is 9.59 Å². The van der Waals surface area contributed by atoms with Crippen molar-refractivity contribution in [2.24, 2.45) is 0 Å². The zero-order valence-electron chi connectivity index (χ0n) is 10.3. The lowest BCUT2D eigenvalue weighted by atomic mass is 10.1. The SMILES string of the molecule is Nc1nc2c(c(=O)[nH]1)CCN(C(=O)[C@H]1C=CCN1)C2. The van der Waals surface area contributed by atoms with Crippen LogP contribution in [0.25, 0.3) is 0 Å². The van der Waals surface area contributed by atoms with Crippen molar-refractivity contribution >= 4 is 11.9 Å². The molecule has 19 heavy (non-hydrogen) atoms. The van der Waals surface area contributed by atoms with Gasteiger partial charge in [-0.05, 0) is 6.42 Å². The van der Waals surface area contributed by atoms with Crippen molar-refractivity contribution in [3.05, 3.63) is 33.8 Å². The van der Waals surface area contributed by atoms with Crippen LogP contribution in [0, 0.1) is 0 Å². The Morgan fingerprint density at radius 2 is 2.37 bits per heavy atom. The first-order chi connectivity index (χ1) is 9.15. The van der Waals surface area contributed by atoms with Crippen molar-refractivity contribution in [1.29, 1.82) is 0 Å². The summed E-state index contributed by atoms with van der Waals surface area (Å²) in [6.07, 6.45) is 4.30. The molecule has 2 aliphatic heterocycles. The van der Waals surface area contributed by atoms with E-state index in [4.69, 9.17) is 5.73 Å². The average molecular weight is 261 g/mol. The maximum absolute atomic E-state index is 12.2. The van der Waals surface area contributed by atoms with Gasteiger partial charge in [0.15, 0.2) is 0 Å². The average Bonchev–Trinajstić information content (AvgIpc) is 2.90. The fourth-order valence-corrected chi connectivity index (χ4v) is 2.48. The van der Waals surface area contributed by atoms with Gasteiger partial charge in [-0.15, -0.1) is 0 Å². The lowest BCUT2D eigenvalue weighted by Crippen LogP contribution is -2.46. The maximum atomic E-state index is 12.2. The van der Waals surface area contributed by atoms with Crippen molar-refractivity contribution in [3.63, 3.8) is 0 Å². The first-order valence-corrected chi connectivity index (χ1v) is 6.21. The van der Waals surface area contributed by atoms with Crippen LogP contribution >= 0.6 is 0 Å². The molecule has 0 fully saturated rings. The third-order valence-corrected chi connectivity index (χ3v) is 3.45. The van der Waals surface area contributed by atoms with E-state index in [2.05, 4.69) is 15.3 Å². The van der Waals surface area contributed by atoms with E-state index >= 15 is 0 Å². The number of anilines is 1. The van der Waals surface area contributed by atoms with Crippen LogP contribution in [0.15, 0.2) is 16.9 Å². The van der Waals surface area contributed by atoms with Crippen LogP contribution in [0.3, 0.4) is 0 Å². The molecular weight excluding hydrogens is 246 g/mol. The molecule has 0 aliphatic carbocycles. The minimum absolute atomic E-state index is 0.0139. The Balaban J connectivity index is 1.84. The van der Waals surface area contributed by atoms with Gasteiger partial charge < -0.3 is 10.6 Å². The topological polar surface area (TPSA) is 104 Å². The molecule has 1 atom stereocenters. The monoisotopic (exact) mass is 261 g/mol. The van der Waals surface area contributed by atoms with Crippen LogP contribution in [0.1, 0.15) is 11.3 Å². The Hall–Kier alpha value is -2.15. The molecule has 7 heteroatoms. The highest BCUT2D eigenvalue weighted by molar-refractivity contribution is 5.84. The molecule has 0 saturated heterocycles. The highest BCUT2D eigenvalue weighted by Gasteiger charge is 2.28. The van der Waals surface area contributed by atoms with Gasteiger partial charge in [0.25, 0.3) is 5.56 Å². The van der Waals surface area contributed by atoms with Crippen molar-refractivity contribution in [2.45, 2.75) is 19.0 Å². The quantitative estimate of drug-likeness (QED) is 0.549. The van der Waals surface area contributed by atoms with Crippen LogP contribution in [0.4, 0.5) is 5.95 Å². The second kappa shape index (κ2) is 4.51. The number of carbonyl (C=O) groups is 1. The van der Waals surface area contributed by atoms with Gasteiger partial charge in [0, 0.05) is 18.7 Å². The molecule has 0 saturated carbocycles. The number of rotatable bonds is 1. The number of nitrogens with one attached hydrogen (secondary N) is 2. The Bertz CT molecular complexity index is 607. The normalized spacial score (nSPS) is 21.5. The Morgan fingerprint density at radius 1 is 1.53 bits per heavy atom. The first-order valence-electron chi connectivity index (χ1n) is 6.21. The molecule has 4 N–H and O–H groups in total. The summed E-state index contributed by atoms with van der Waals surface area (Å²) in [4.78, 5) is 32.3. The summed E-state index contributed by atoms with van der Waals surface area (Å²) < 4.78 is 0. The van der Waals surface area contributed by atoms with Crippen molar-refractivity contribution in [3.8, 4) is 0 Å². The molecule has 100 valence electrons. The van der Waals surface area contributed by atoms with Gasteiger partial charge in [0.05, 0.1) is 12.2 Å². The van der Waals surface area contributed by atoms with Gasteiger partial charge >= 0.3 is 0 Å². The zero-order chi connectivity index (χ0) is 13.4. The Labute approximate surface area is 109 Å². The fourth-order valence-electron chi connectivity index (χ4n) is 2.48. The second-order valence-corrected chi connectivity index (χ2v) is 4.70. The van der Waals surface area contributed by atoms with Gasteiger partial charge in [-0.3, -0.25) is 19.9 Å². The summed E-state index contributed by atoms with van der Waals surface area (Å²) in [6, 6.07) is -0.263. The summed E-state index contributed by atoms with van der Waals surface area (Å²) in [6.45, 7) is 1.59. The van der Waals surface area contributed by atoms with E-state index in [1.165, 1.54) is 0 Å². The predicted octanol–water partition coefficient (Wildman–Crippen LogP) is -1.24. The number of amides is 1. The summed E-state index contributed by atoms with van der Waals surface area (Å²) in [7, 11) is 0. The van der Waals surface area contributed by atoms with Crippen LogP contribution in [-0.2, 0) is 17.8 Å². The van der Waals surface area contributed by atoms with E-state index in [0.717, 1.165) is 0 Å². The summed E-state index contributed by atoms with van der Waals surface area (Å²) in [5.74, 6) is 0.108. The van der Waals surface area contributed by atoms with Crippen LogP contribution < -0.4 is 16.6 Å². The molecule has 0 aromatic carbocycles. The number of aromatic amines is 1. The number of nitrogen functional groups attached to an aromatic ring is 1. The van der Waals surface area contributed by atoms with Gasteiger partial charge in [-0.2, -0.15) is 0 Å². The van der Waals surface area contributed by atoms with E-state index in [0.29, 0.717) is 37.3 Å². The van der Waals surface area contributed by atoms with E-state index < -0.39 is 0 Å². The Morgan fingerprint density at radius 3 is 3.11 bits per heavy atom. The summed E-state index contributed by atoms with van der Waals surface area (Å²) in [5.41, 5.74) is 6.56. The number of nitrogens with two attached hydrogens (primary N) is 1. The summed E-state index contributed by atoms with van der Waals surface area (Å²) in [5, 5.41) is 3.09. The molecule has 3 rings (SSSR count). The zero-order valence-corrected chi connectivity index (χ0v) is 10.3. The molecule has 0 bridgehead atoms. The molecule has 0 unspecified atom stereocenters. The fraction of sp³-hybridized carbons (Fsp3) is 0.417. The lowest BCUT2D eigenvalue weighted by molar-refractivity contribution is -0.133. The van der Waals surface area contributed by atoms with Crippen LogP contribution in [-0.4, -0.2) is 39.9 Å². The third kappa shape index (κ3) is 2.12. The number of carbonyl (C=O) groups excluding carboxylic acids is 1. The minimum atomic E-state index is -0.263. The molecule has 2 aliphatic rings. The molecule has 3 heterocycles. The molecule has 0 spiro atoms. The number of hydrogen-bond acceptors (Lipinski definition) is 5. The van der Waals surface area contributed by atoms with Crippen LogP contribution in [0.5, 0.6) is 0 Å². The summed E-state index contributed by atoms with van der Waals surface area (Å²) >= 11 is 0. The van der Waals surface area contributed by atoms with E-state index in [1.807, 2.05) is 12.2 Å². The van der Waals surface area contributed by atoms with Gasteiger partial charge in [0.2, 0.25) is 11.9 Å². The number of hydrogen-bond donors (Lipinski definition) is 3. The lowest BCUT2D eigenvalue weighted by Gasteiger charge is -2.29. The molecule has 1 aromatic rings. The van der Waals surface area contributed by atoms with E-state index in [-0.39, 0.29) is 23.5 Å². The Kier molecular flexibility index (Phi) is 2.83. The van der Waals surface area contributed by atoms with E-state index in [1.54, 1.807) is 4.90 Å². The highest BCUT2D eigenvalue weighted by Crippen LogP contribution is 2.15. The number of aromatic nitrogens is 2. The largest absolute Gasteiger partial charge is 0.369 e. The number of H-pyrrole nitrogens is 1. The number of fused-ring (bicyclic) bond motifs is 1. The second-order valence-electron chi connectivity index (χ2n) is 4.70. The maximum Gasteiger partial charge on any atom is 0.255 e. The highest BCUT2D eigenvalue weighted by atomic mass is 16.2. The van der Waals surface area contributed by atoms with Crippen molar-refractivity contribution < 1.29 is 4.79 Å². The molecule has 0 radical (unpaired) electrons. The van der Waals surface area contributed by atoms with Gasteiger partial charge in [-0.25, -0.2) is 4.98 Å². The molecule has 1 amide bonds. The molecule has 1 aromatic heterocycles. The standard InChI is InChI=1S/C12H15N5O2/c13-12-15-9-6-17(5-3-7(9)10(18)16-12)11(19)8-2-1-4-14-8/h1-2,8,14H,3-6H2,(H3,13,15,16,18)/t8-/m1/s1. The first kappa shape index (κ1) is 11.9. The smallest absolute Gasteiger partial charge is 0.255 e. The predicted molar refractivity (Wildman–Crippen MR) is 69.3 cm³/mol. The van der Waals surface area contributed by atoms with Crippen molar-refractivity contribution in [1.82, 2.24) is 20.2 Å².